The van der Waals surface area contributed by atoms with Gasteiger partial charge in [-0.3, -0.25) is 9.59 Å². The summed E-state index contributed by atoms with van der Waals surface area (Å²) in [5.41, 5.74) is -1.58. The topological polar surface area (TPSA) is 74.6 Å². The van der Waals surface area contributed by atoms with Crippen molar-refractivity contribution < 1.29 is 19.8 Å². The maximum absolute atomic E-state index is 11.7. The Kier molecular flexibility index (Phi) is 7.77. The molecule has 0 aromatic heterocycles. The van der Waals surface area contributed by atoms with E-state index in [-0.39, 0.29) is 30.7 Å². The van der Waals surface area contributed by atoms with Crippen LogP contribution < -0.4 is 0 Å². The van der Waals surface area contributed by atoms with Crippen molar-refractivity contribution >= 4 is 30.8 Å². The molecular formula is C14H25LiO4. The van der Waals surface area contributed by atoms with Gasteiger partial charge in [-0.05, 0) is 24.7 Å². The average Bonchev–Trinajstić information content (AvgIpc) is 2.35. The van der Waals surface area contributed by atoms with Crippen LogP contribution in [0.1, 0.15) is 58.8 Å². The van der Waals surface area contributed by atoms with Gasteiger partial charge in [-0.15, -0.1) is 0 Å². The second kappa shape index (κ2) is 7.97. The predicted molar refractivity (Wildman–Crippen MR) is 75.5 cm³/mol. The zero-order chi connectivity index (χ0) is 13.8. The van der Waals surface area contributed by atoms with Crippen molar-refractivity contribution in [1.29, 1.82) is 0 Å². The molecule has 0 heterocycles. The quantitative estimate of drug-likeness (QED) is 0.571. The van der Waals surface area contributed by atoms with E-state index in [1.165, 1.54) is 0 Å². The van der Waals surface area contributed by atoms with E-state index >= 15 is 0 Å². The molecule has 0 bridgehead atoms. The van der Waals surface area contributed by atoms with Gasteiger partial charge in [-0.25, -0.2) is 0 Å². The fourth-order valence-electron chi connectivity index (χ4n) is 3.61. The SMILES string of the molecule is CCC(CC)C(C(=O)O)(C(=O)O)C1CCCCC1.[LiH]. The standard InChI is InChI=1S/C14H24O4.Li.H/c1-3-10(4-2)14(12(15)16,13(17)18)11-8-6-5-7-9-11;;/h10-11H,3-9H2,1-2H3,(H,15,16)(H,17,18);;. The fourth-order valence-corrected chi connectivity index (χ4v) is 3.61. The molecule has 4 nitrogen and oxygen atoms in total. The molecule has 0 aliphatic heterocycles. The Morgan fingerprint density at radius 1 is 1.05 bits per heavy atom. The molecule has 1 fully saturated rings. The number of hydrogen-bond donors (Lipinski definition) is 2. The Bertz CT molecular complexity index is 293. The minimum absolute atomic E-state index is 0. The van der Waals surface area contributed by atoms with E-state index in [1.807, 2.05) is 13.8 Å². The Morgan fingerprint density at radius 2 is 1.47 bits per heavy atom. The zero-order valence-electron chi connectivity index (χ0n) is 11.3. The number of carboxylic acid groups (broad SMARTS) is 2. The van der Waals surface area contributed by atoms with Crippen LogP contribution in [0.25, 0.3) is 0 Å². The first kappa shape index (κ1) is 18.5. The summed E-state index contributed by atoms with van der Waals surface area (Å²) in [5.74, 6) is -2.78. The zero-order valence-corrected chi connectivity index (χ0v) is 11.3. The molecule has 0 unspecified atom stereocenters. The first-order valence-electron chi connectivity index (χ1n) is 6.98. The van der Waals surface area contributed by atoms with Crippen LogP contribution in [0, 0.1) is 17.3 Å². The normalized spacial score (nSPS) is 17.0. The molecule has 1 saturated carbocycles. The Hall–Kier alpha value is -0.463. The number of carbonyl (C=O) groups is 2. The van der Waals surface area contributed by atoms with Gasteiger partial charge in [0.1, 0.15) is 0 Å². The van der Waals surface area contributed by atoms with Crippen molar-refractivity contribution in [3.8, 4) is 0 Å². The fraction of sp³-hybridized carbons (Fsp3) is 0.857. The molecule has 1 aliphatic rings. The third-order valence-corrected chi connectivity index (χ3v) is 4.59. The Labute approximate surface area is 127 Å². The van der Waals surface area contributed by atoms with Crippen LogP contribution in [-0.2, 0) is 9.59 Å². The summed E-state index contributed by atoms with van der Waals surface area (Å²) in [4.78, 5) is 23.5. The van der Waals surface area contributed by atoms with Gasteiger partial charge in [0.15, 0.2) is 5.41 Å². The van der Waals surface area contributed by atoms with Crippen molar-refractivity contribution in [2.24, 2.45) is 17.3 Å². The summed E-state index contributed by atoms with van der Waals surface area (Å²) in [6.07, 6.45) is 5.66. The molecule has 0 amide bonds. The predicted octanol–water partition coefficient (Wildman–Crippen LogP) is 2.51. The second-order valence-corrected chi connectivity index (χ2v) is 5.33. The van der Waals surface area contributed by atoms with Crippen molar-refractivity contribution in [1.82, 2.24) is 0 Å². The molecule has 0 aromatic rings. The summed E-state index contributed by atoms with van der Waals surface area (Å²) in [7, 11) is 0. The summed E-state index contributed by atoms with van der Waals surface area (Å²) in [6.45, 7) is 3.77. The van der Waals surface area contributed by atoms with Gasteiger partial charge in [-0.2, -0.15) is 0 Å². The van der Waals surface area contributed by atoms with Crippen LogP contribution in [0.4, 0.5) is 0 Å². The van der Waals surface area contributed by atoms with Crippen LogP contribution in [0.3, 0.4) is 0 Å². The molecule has 5 heteroatoms. The third-order valence-electron chi connectivity index (χ3n) is 4.59. The van der Waals surface area contributed by atoms with Crippen LogP contribution >= 0.6 is 0 Å². The van der Waals surface area contributed by atoms with E-state index < -0.39 is 17.4 Å². The molecule has 0 saturated heterocycles. The molecule has 2 N–H and O–H groups in total. The van der Waals surface area contributed by atoms with Crippen molar-refractivity contribution in [2.75, 3.05) is 0 Å². The molecule has 1 aliphatic carbocycles. The van der Waals surface area contributed by atoms with Gasteiger partial charge in [0.25, 0.3) is 0 Å². The van der Waals surface area contributed by atoms with E-state index in [0.717, 1.165) is 32.1 Å². The van der Waals surface area contributed by atoms with E-state index in [0.29, 0.717) is 12.8 Å². The first-order chi connectivity index (χ1) is 8.51. The monoisotopic (exact) mass is 264 g/mol. The minimum atomic E-state index is -1.58. The van der Waals surface area contributed by atoms with Crippen molar-refractivity contribution in [2.45, 2.75) is 58.8 Å². The number of rotatable bonds is 6. The second-order valence-electron chi connectivity index (χ2n) is 5.33. The molecule has 106 valence electrons. The van der Waals surface area contributed by atoms with E-state index in [1.54, 1.807) is 0 Å². The Balaban J connectivity index is 0.00000324. The molecule has 1 rings (SSSR count). The molecule has 0 atom stereocenters. The third kappa shape index (κ3) is 3.35. The van der Waals surface area contributed by atoms with Crippen molar-refractivity contribution in [3.05, 3.63) is 0 Å². The number of carboxylic acids is 2. The van der Waals surface area contributed by atoms with Crippen LogP contribution in [-0.4, -0.2) is 41.0 Å². The van der Waals surface area contributed by atoms with Crippen LogP contribution in [0.15, 0.2) is 0 Å². The number of hydrogen-bond acceptors (Lipinski definition) is 2. The van der Waals surface area contributed by atoms with E-state index in [2.05, 4.69) is 0 Å². The van der Waals surface area contributed by atoms with Gasteiger partial charge in [0.05, 0.1) is 0 Å². The van der Waals surface area contributed by atoms with Gasteiger partial charge >= 0.3 is 30.8 Å². The molecule has 0 aromatic carbocycles. The molecule has 19 heavy (non-hydrogen) atoms. The summed E-state index contributed by atoms with van der Waals surface area (Å²) in [6, 6.07) is 0. The van der Waals surface area contributed by atoms with Gasteiger partial charge in [0, 0.05) is 0 Å². The maximum atomic E-state index is 11.7. The summed E-state index contributed by atoms with van der Waals surface area (Å²) >= 11 is 0. The van der Waals surface area contributed by atoms with Gasteiger partial charge < -0.3 is 10.2 Å². The van der Waals surface area contributed by atoms with Crippen molar-refractivity contribution in [3.63, 3.8) is 0 Å². The van der Waals surface area contributed by atoms with Gasteiger partial charge in [0.2, 0.25) is 0 Å². The molecule has 0 radical (unpaired) electrons. The Morgan fingerprint density at radius 3 is 1.79 bits per heavy atom. The van der Waals surface area contributed by atoms with Crippen LogP contribution in [0.5, 0.6) is 0 Å². The first-order valence-corrected chi connectivity index (χ1v) is 6.98. The van der Waals surface area contributed by atoms with E-state index in [4.69, 9.17) is 0 Å². The van der Waals surface area contributed by atoms with E-state index in [9.17, 15) is 19.8 Å². The average molecular weight is 264 g/mol. The summed E-state index contributed by atoms with van der Waals surface area (Å²) < 4.78 is 0. The molecule has 0 spiro atoms. The summed E-state index contributed by atoms with van der Waals surface area (Å²) in [5, 5.41) is 19.2. The van der Waals surface area contributed by atoms with Gasteiger partial charge in [-0.1, -0.05) is 46.0 Å². The van der Waals surface area contributed by atoms with Crippen LogP contribution in [0.2, 0.25) is 0 Å². The molecular weight excluding hydrogens is 239 g/mol. The number of aliphatic carboxylic acids is 2.